The predicted octanol–water partition coefficient (Wildman–Crippen LogP) is 6.81. The molecular formula is C33H39BrNO2P. The van der Waals surface area contributed by atoms with Crippen LogP contribution in [0.2, 0.25) is 0 Å². The van der Waals surface area contributed by atoms with Crippen molar-refractivity contribution in [1.82, 2.24) is 0 Å². The van der Waals surface area contributed by atoms with Gasteiger partial charge in [-0.1, -0.05) is 0 Å². The van der Waals surface area contributed by atoms with Gasteiger partial charge in [0.25, 0.3) is 0 Å². The molecule has 5 heteroatoms. The molecule has 0 aromatic heterocycles. The maximum absolute atomic E-state index is 11.7. The number of carbonyl (C=O) groups excluding carboxylic acids is 1. The van der Waals surface area contributed by atoms with Crippen LogP contribution in [-0.4, -0.2) is 32.1 Å². The number of ether oxygens (including phenoxy) is 1. The Morgan fingerprint density at radius 3 is 1.66 bits per heavy atom. The van der Waals surface area contributed by atoms with Crippen LogP contribution < -0.4 is 25.6 Å². The number of hydrogen-bond donors (Lipinski definition) is 0. The van der Waals surface area contributed by atoms with Crippen molar-refractivity contribution < 1.29 is 9.53 Å². The van der Waals surface area contributed by atoms with Gasteiger partial charge < -0.3 is 0 Å². The molecule has 38 heavy (non-hydrogen) atoms. The molecule has 0 aliphatic heterocycles. The monoisotopic (exact) mass is 591 g/mol. The summed E-state index contributed by atoms with van der Waals surface area (Å²) in [5.41, 5.74) is 1.70. The van der Waals surface area contributed by atoms with E-state index in [1.165, 1.54) is 15.9 Å². The average Bonchev–Trinajstić information content (AvgIpc) is 2.97. The molecule has 0 amide bonds. The van der Waals surface area contributed by atoms with Crippen LogP contribution in [0.4, 0.5) is 5.69 Å². The van der Waals surface area contributed by atoms with Crippen LogP contribution in [0, 0.1) is 0 Å². The first-order valence-electron chi connectivity index (χ1n) is 13.4. The van der Waals surface area contributed by atoms with Crippen LogP contribution in [0.3, 0.4) is 0 Å². The topological polar surface area (TPSA) is 29.5 Å². The third-order valence-electron chi connectivity index (χ3n) is 7.26. The van der Waals surface area contributed by atoms with E-state index in [1.807, 2.05) is 18.2 Å². The van der Waals surface area contributed by atoms with Gasteiger partial charge in [-0.2, -0.15) is 0 Å². The number of hydrogen-bond acceptors (Lipinski definition) is 3. The number of anilines is 1. The summed E-state index contributed by atoms with van der Waals surface area (Å²) in [5.74, 6) is 0.678. The number of rotatable bonds is 13. The van der Waals surface area contributed by atoms with Crippen LogP contribution in [0.1, 0.15) is 37.0 Å². The second-order valence-electron chi connectivity index (χ2n) is 9.32. The molecule has 0 aliphatic carbocycles. The normalized spacial score (nSPS) is 11.3. The zero-order chi connectivity index (χ0) is 25.9. The van der Waals surface area contributed by atoms with Crippen molar-refractivity contribution in [2.24, 2.45) is 0 Å². The van der Waals surface area contributed by atoms with Gasteiger partial charge in [0.15, 0.2) is 0 Å². The summed E-state index contributed by atoms with van der Waals surface area (Å²) in [6.07, 6.45) is 3.94. The summed E-state index contributed by atoms with van der Waals surface area (Å²) >= 11 is 0. The van der Waals surface area contributed by atoms with Crippen LogP contribution in [-0.2, 0) is 0 Å². The molecule has 0 bridgehead atoms. The fourth-order valence-corrected chi connectivity index (χ4v) is 10.2. The van der Waals surface area contributed by atoms with Crippen molar-refractivity contribution in [2.45, 2.75) is 26.7 Å². The number of nitrogens with zero attached hydrogens (tertiary/aromatic N) is 1. The second kappa shape index (κ2) is 14.9. The first kappa shape index (κ1) is 29.6. The molecule has 0 spiro atoms. The Bertz CT molecular complexity index is 1150. The molecular weight excluding hydrogens is 553 g/mol. The van der Waals surface area contributed by atoms with E-state index in [0.29, 0.717) is 17.9 Å². The van der Waals surface area contributed by atoms with Gasteiger partial charge in [-0.25, -0.2) is 0 Å². The van der Waals surface area contributed by atoms with E-state index in [2.05, 4.69) is 110 Å². The van der Waals surface area contributed by atoms with Crippen molar-refractivity contribution in [2.75, 3.05) is 30.8 Å². The summed E-state index contributed by atoms with van der Waals surface area (Å²) in [6.45, 7) is 6.70. The summed E-state index contributed by atoms with van der Waals surface area (Å²) in [4.78, 5) is 13.9. The Balaban J connectivity index is 0.00000400. The Morgan fingerprint density at radius 2 is 1.21 bits per heavy atom. The van der Waals surface area contributed by atoms with Crippen molar-refractivity contribution in [3.63, 3.8) is 0 Å². The third-order valence-corrected chi connectivity index (χ3v) is 12.3. The molecule has 4 aromatic carbocycles. The number of carbonyl (C=O) groups is 1. The van der Waals surface area contributed by atoms with Crippen LogP contribution >= 0.6 is 24.2 Å². The summed E-state index contributed by atoms with van der Waals surface area (Å²) in [7, 11) is -2.22. The Kier molecular flexibility index (Phi) is 11.6. The third kappa shape index (κ3) is 6.73. The first-order chi connectivity index (χ1) is 18.2. The van der Waals surface area contributed by atoms with Gasteiger partial charge in [0, 0.05) is 0 Å². The fraction of sp³-hybridized carbons (Fsp3) is 0.242. The SMILES string of the molecule is Br.CCN(CC)c1ccc(C=O)c(OCCCC[PH](c2ccccc2)(c2ccccc2)c2ccccc2)c1. The van der Waals surface area contributed by atoms with Crippen molar-refractivity contribution in [3.8, 4) is 5.75 Å². The van der Waals surface area contributed by atoms with E-state index in [0.717, 1.165) is 44.1 Å². The molecule has 4 rings (SSSR count). The molecule has 0 radical (unpaired) electrons. The first-order valence-corrected chi connectivity index (χ1v) is 15.6. The van der Waals surface area contributed by atoms with Gasteiger partial charge in [0.05, 0.1) is 0 Å². The molecule has 4 aromatic rings. The average molecular weight is 593 g/mol. The molecule has 0 atom stereocenters. The van der Waals surface area contributed by atoms with Gasteiger partial charge in [-0.3, -0.25) is 0 Å². The van der Waals surface area contributed by atoms with Gasteiger partial charge in [-0.05, 0) is 0 Å². The quantitative estimate of drug-likeness (QED) is 0.0971. The summed E-state index contributed by atoms with van der Waals surface area (Å²) < 4.78 is 6.20. The van der Waals surface area contributed by atoms with Crippen molar-refractivity contribution in [3.05, 3.63) is 115 Å². The minimum atomic E-state index is -2.22. The molecule has 0 heterocycles. The van der Waals surface area contributed by atoms with E-state index in [9.17, 15) is 4.79 Å². The number of halogens is 1. The van der Waals surface area contributed by atoms with Crippen molar-refractivity contribution >= 4 is 52.1 Å². The van der Waals surface area contributed by atoms with E-state index in [-0.39, 0.29) is 17.0 Å². The van der Waals surface area contributed by atoms with Crippen LogP contribution in [0.5, 0.6) is 5.75 Å². The van der Waals surface area contributed by atoms with Gasteiger partial charge in [0.2, 0.25) is 0 Å². The molecule has 0 saturated carbocycles. The van der Waals surface area contributed by atoms with E-state index >= 15 is 0 Å². The summed E-state index contributed by atoms with van der Waals surface area (Å²) in [6, 6.07) is 39.0. The predicted molar refractivity (Wildman–Crippen MR) is 172 cm³/mol. The van der Waals surface area contributed by atoms with Gasteiger partial charge in [-0.15, -0.1) is 17.0 Å². The Morgan fingerprint density at radius 1 is 0.711 bits per heavy atom. The van der Waals surface area contributed by atoms with Gasteiger partial charge >= 0.3 is 223 Å². The standard InChI is InChI=1S/C33H38NO2P.BrH/c1-3-34(4-2)29-23-22-28(27-35)33(26-29)36-24-14-15-25-37(30-16-8-5-9-17-30,31-18-10-6-11-19-31)32-20-12-7-13-21-32;/h5-13,16-23,26-27,37H,3-4,14-15,24-25H2,1-2H3;1H. The molecule has 0 saturated heterocycles. The second-order valence-corrected chi connectivity index (χ2v) is 13.4. The number of unbranched alkanes of at least 4 members (excludes halogenated alkanes) is 1. The molecule has 0 fully saturated rings. The molecule has 0 N–H and O–H groups in total. The zero-order valence-corrected chi connectivity index (χ0v) is 25.1. The maximum atomic E-state index is 11.7. The van der Waals surface area contributed by atoms with E-state index < -0.39 is 7.26 Å². The van der Waals surface area contributed by atoms with Crippen molar-refractivity contribution in [1.29, 1.82) is 0 Å². The zero-order valence-electron chi connectivity index (χ0n) is 22.4. The molecule has 0 unspecified atom stereocenters. The van der Waals surface area contributed by atoms with Gasteiger partial charge in [0.1, 0.15) is 0 Å². The molecule has 0 aliphatic rings. The van der Waals surface area contributed by atoms with E-state index in [1.54, 1.807) is 0 Å². The molecule has 3 nitrogen and oxygen atoms in total. The Hall–Kier alpha value is -2.94. The molecule has 200 valence electrons. The fourth-order valence-electron chi connectivity index (χ4n) is 5.31. The Labute approximate surface area is 239 Å². The van der Waals surface area contributed by atoms with Crippen LogP contribution in [0.15, 0.2) is 109 Å². The summed E-state index contributed by atoms with van der Waals surface area (Å²) in [5, 5.41) is 4.30. The minimum absolute atomic E-state index is 0. The number of benzene rings is 4. The van der Waals surface area contributed by atoms with E-state index in [4.69, 9.17) is 4.74 Å². The van der Waals surface area contributed by atoms with Crippen LogP contribution in [0.25, 0.3) is 0 Å². The number of aldehydes is 1.